The van der Waals surface area contributed by atoms with Crippen LogP contribution >= 0.6 is 0 Å². The molecule has 28 heavy (non-hydrogen) atoms. The molecule has 0 aliphatic carbocycles. The first-order valence-electron chi connectivity index (χ1n) is 9.03. The lowest BCUT2D eigenvalue weighted by molar-refractivity contribution is -0.293. The van der Waals surface area contributed by atoms with Gasteiger partial charge in [0.2, 0.25) is 5.75 Å². The summed E-state index contributed by atoms with van der Waals surface area (Å²) in [5, 5.41) is 67.3. The van der Waals surface area contributed by atoms with Gasteiger partial charge in [-0.1, -0.05) is 0 Å². The van der Waals surface area contributed by atoms with E-state index in [9.17, 15) is 25.5 Å². The van der Waals surface area contributed by atoms with Crippen LogP contribution in [-0.4, -0.2) is 92.4 Å². The fourth-order valence-corrected chi connectivity index (χ4v) is 2.85. The standard InChI is InChI=1S/C18H28O10/c1-9-14(23)15(24)16(25)18(27-9)26-4-2-3-10-5-12(21)17(13(22)6-10)28-11(7-19)8-20/h5-6,9,11,14-16,18-25H,2-4,7-8H2,1H3/t9-,14-,15+,16+,18+/m1/s1. The summed E-state index contributed by atoms with van der Waals surface area (Å²) in [5.41, 5.74) is 0.587. The molecule has 1 saturated heterocycles. The van der Waals surface area contributed by atoms with Crippen LogP contribution in [0.2, 0.25) is 0 Å². The molecule has 1 fully saturated rings. The van der Waals surface area contributed by atoms with Gasteiger partial charge >= 0.3 is 0 Å². The highest BCUT2D eigenvalue weighted by Crippen LogP contribution is 2.38. The van der Waals surface area contributed by atoms with Crippen LogP contribution in [0, 0.1) is 0 Å². The van der Waals surface area contributed by atoms with Gasteiger partial charge < -0.3 is 50.0 Å². The Kier molecular flexibility index (Phi) is 8.25. The van der Waals surface area contributed by atoms with Crippen LogP contribution in [0.1, 0.15) is 18.9 Å². The Morgan fingerprint density at radius 3 is 2.18 bits per heavy atom. The third kappa shape index (κ3) is 5.45. The lowest BCUT2D eigenvalue weighted by atomic mass is 10.00. The molecule has 1 heterocycles. The predicted octanol–water partition coefficient (Wildman–Crippen LogP) is -1.39. The second-order valence-electron chi connectivity index (χ2n) is 6.72. The van der Waals surface area contributed by atoms with Crippen molar-refractivity contribution in [3.63, 3.8) is 0 Å². The minimum Gasteiger partial charge on any atom is -0.504 e. The maximum absolute atomic E-state index is 10.0. The van der Waals surface area contributed by atoms with E-state index in [1.807, 2.05) is 0 Å². The first-order chi connectivity index (χ1) is 13.3. The van der Waals surface area contributed by atoms with Crippen LogP contribution in [-0.2, 0) is 15.9 Å². The summed E-state index contributed by atoms with van der Waals surface area (Å²) in [6.45, 7) is 0.763. The van der Waals surface area contributed by atoms with Crippen LogP contribution in [0.25, 0.3) is 0 Å². The molecular formula is C18H28O10. The van der Waals surface area contributed by atoms with Crippen molar-refractivity contribution in [2.75, 3.05) is 19.8 Å². The number of aryl methyl sites for hydroxylation is 1. The van der Waals surface area contributed by atoms with E-state index < -0.39 is 50.0 Å². The molecule has 0 aromatic heterocycles. The number of rotatable bonds is 9. The van der Waals surface area contributed by atoms with Gasteiger partial charge in [-0.25, -0.2) is 0 Å². The molecule has 1 aliphatic heterocycles. The Morgan fingerprint density at radius 1 is 1.00 bits per heavy atom. The summed E-state index contributed by atoms with van der Waals surface area (Å²) in [5.74, 6) is -0.895. The monoisotopic (exact) mass is 404 g/mol. The summed E-state index contributed by atoms with van der Waals surface area (Å²) in [6.07, 6.45) is -5.79. The fourth-order valence-electron chi connectivity index (χ4n) is 2.85. The molecule has 0 radical (unpaired) electrons. The molecule has 160 valence electrons. The molecule has 1 aliphatic rings. The van der Waals surface area contributed by atoms with Gasteiger partial charge in [0, 0.05) is 0 Å². The molecule has 7 N–H and O–H groups in total. The third-order valence-corrected chi connectivity index (χ3v) is 4.50. The summed E-state index contributed by atoms with van der Waals surface area (Å²) < 4.78 is 15.9. The van der Waals surface area contributed by atoms with E-state index in [4.69, 9.17) is 24.4 Å². The Bertz CT molecular complexity index is 597. The van der Waals surface area contributed by atoms with Gasteiger partial charge in [-0.3, -0.25) is 0 Å². The van der Waals surface area contributed by atoms with Gasteiger partial charge in [-0.15, -0.1) is 0 Å². The molecule has 10 heteroatoms. The minimum absolute atomic E-state index is 0.161. The van der Waals surface area contributed by atoms with E-state index in [2.05, 4.69) is 0 Å². The maximum Gasteiger partial charge on any atom is 0.203 e. The molecule has 2 rings (SSSR count). The zero-order valence-electron chi connectivity index (χ0n) is 15.5. The summed E-state index contributed by atoms with van der Waals surface area (Å²) in [6, 6.07) is 2.77. The topological polar surface area (TPSA) is 169 Å². The number of ether oxygens (including phenoxy) is 3. The van der Waals surface area contributed by atoms with Gasteiger partial charge in [0.1, 0.15) is 24.4 Å². The number of phenolic OH excluding ortho intramolecular Hbond substituents is 2. The van der Waals surface area contributed by atoms with Crippen molar-refractivity contribution >= 4 is 0 Å². The van der Waals surface area contributed by atoms with E-state index in [-0.39, 0.29) is 23.9 Å². The average molecular weight is 404 g/mol. The highest BCUT2D eigenvalue weighted by Gasteiger charge is 2.42. The molecule has 0 amide bonds. The van der Waals surface area contributed by atoms with E-state index >= 15 is 0 Å². The molecule has 0 saturated carbocycles. The van der Waals surface area contributed by atoms with Crippen molar-refractivity contribution in [1.29, 1.82) is 0 Å². The lowest BCUT2D eigenvalue weighted by Crippen LogP contribution is -2.57. The van der Waals surface area contributed by atoms with Crippen LogP contribution < -0.4 is 4.74 Å². The highest BCUT2D eigenvalue weighted by atomic mass is 16.7. The molecule has 0 bridgehead atoms. The van der Waals surface area contributed by atoms with Crippen LogP contribution in [0.15, 0.2) is 12.1 Å². The molecule has 0 spiro atoms. The number of aliphatic hydroxyl groups excluding tert-OH is 5. The maximum atomic E-state index is 10.0. The summed E-state index contributed by atoms with van der Waals surface area (Å²) in [4.78, 5) is 0. The molecular weight excluding hydrogens is 376 g/mol. The number of hydrogen-bond donors (Lipinski definition) is 7. The Hall–Kier alpha value is -1.66. The van der Waals surface area contributed by atoms with Crippen molar-refractivity contribution < 1.29 is 50.0 Å². The molecule has 0 unspecified atom stereocenters. The number of hydrogen-bond acceptors (Lipinski definition) is 10. The van der Waals surface area contributed by atoms with Crippen molar-refractivity contribution in [2.45, 2.75) is 56.6 Å². The largest absolute Gasteiger partial charge is 0.504 e. The van der Waals surface area contributed by atoms with Crippen molar-refractivity contribution in [1.82, 2.24) is 0 Å². The summed E-state index contributed by atoms with van der Waals surface area (Å²) >= 11 is 0. The molecule has 1 aromatic rings. The molecule has 5 atom stereocenters. The zero-order chi connectivity index (χ0) is 20.8. The van der Waals surface area contributed by atoms with Crippen molar-refractivity contribution in [3.05, 3.63) is 17.7 Å². The highest BCUT2D eigenvalue weighted by molar-refractivity contribution is 5.52. The number of phenols is 2. The molecule has 10 nitrogen and oxygen atoms in total. The van der Waals surface area contributed by atoms with E-state index in [1.54, 1.807) is 6.92 Å². The second kappa shape index (κ2) is 10.2. The van der Waals surface area contributed by atoms with Crippen LogP contribution in [0.5, 0.6) is 17.2 Å². The van der Waals surface area contributed by atoms with E-state index in [0.717, 1.165) is 0 Å². The zero-order valence-corrected chi connectivity index (χ0v) is 15.5. The average Bonchev–Trinajstić information content (AvgIpc) is 2.67. The lowest BCUT2D eigenvalue weighted by Gasteiger charge is -2.38. The predicted molar refractivity (Wildman–Crippen MR) is 95.0 cm³/mol. The third-order valence-electron chi connectivity index (χ3n) is 4.50. The second-order valence-corrected chi connectivity index (χ2v) is 6.72. The minimum atomic E-state index is -1.37. The molecule has 1 aromatic carbocycles. The van der Waals surface area contributed by atoms with Gasteiger partial charge in [0.25, 0.3) is 0 Å². The Morgan fingerprint density at radius 2 is 1.61 bits per heavy atom. The van der Waals surface area contributed by atoms with Crippen molar-refractivity contribution in [2.24, 2.45) is 0 Å². The van der Waals surface area contributed by atoms with E-state index in [0.29, 0.717) is 18.4 Å². The van der Waals surface area contributed by atoms with Crippen LogP contribution in [0.3, 0.4) is 0 Å². The van der Waals surface area contributed by atoms with Gasteiger partial charge in [-0.05, 0) is 37.5 Å². The van der Waals surface area contributed by atoms with Gasteiger partial charge in [0.05, 0.1) is 25.9 Å². The quantitative estimate of drug-likeness (QED) is 0.243. The van der Waals surface area contributed by atoms with Crippen molar-refractivity contribution in [3.8, 4) is 17.2 Å². The normalized spacial score (nSPS) is 27.9. The number of aliphatic hydroxyl groups is 5. The first-order valence-corrected chi connectivity index (χ1v) is 9.03. The Labute approximate surface area is 162 Å². The number of aromatic hydroxyl groups is 2. The smallest absolute Gasteiger partial charge is 0.203 e. The van der Waals surface area contributed by atoms with Crippen LogP contribution in [0.4, 0.5) is 0 Å². The SMILES string of the molecule is C[C@H]1O[C@H](OCCCc2cc(O)c(OC(CO)CO)c(O)c2)[C@@H](O)[C@@H](O)[C@@H]1O. The Balaban J connectivity index is 1.86. The summed E-state index contributed by atoms with van der Waals surface area (Å²) in [7, 11) is 0. The van der Waals surface area contributed by atoms with Gasteiger partial charge in [0.15, 0.2) is 17.8 Å². The first kappa shape index (κ1) is 22.6. The fraction of sp³-hybridized carbons (Fsp3) is 0.667. The van der Waals surface area contributed by atoms with Gasteiger partial charge in [-0.2, -0.15) is 0 Å². The van der Waals surface area contributed by atoms with E-state index in [1.165, 1.54) is 12.1 Å². The number of benzene rings is 1.